The van der Waals surface area contributed by atoms with Gasteiger partial charge in [-0.3, -0.25) is 0 Å². The zero-order chi connectivity index (χ0) is 28.3. The first-order valence-corrected chi connectivity index (χ1v) is 14.8. The van der Waals surface area contributed by atoms with Crippen LogP contribution in [0.25, 0.3) is 0 Å². The number of alkyl halides is 2. The van der Waals surface area contributed by atoms with Crippen molar-refractivity contribution in [3.05, 3.63) is 89.7 Å². The summed E-state index contributed by atoms with van der Waals surface area (Å²) < 4.78 is 28.0. The molecule has 2 nitrogen and oxygen atoms in total. The van der Waals surface area contributed by atoms with Gasteiger partial charge in [-0.05, 0) is 123 Å². The minimum Gasteiger partial charge on any atom is -0.392 e. The summed E-state index contributed by atoms with van der Waals surface area (Å²) in [6, 6.07) is 7.48. The molecule has 1 aromatic rings. The average molecular weight is 539 g/mol. The third kappa shape index (κ3) is 9.71. The van der Waals surface area contributed by atoms with Gasteiger partial charge >= 0.3 is 0 Å². The van der Waals surface area contributed by atoms with E-state index in [0.717, 1.165) is 62.5 Å². The summed E-state index contributed by atoms with van der Waals surface area (Å²) in [5, 5.41) is 21.4. The van der Waals surface area contributed by atoms with Crippen LogP contribution in [0.2, 0.25) is 0 Å². The molecule has 2 aliphatic carbocycles. The van der Waals surface area contributed by atoms with Gasteiger partial charge in [0.25, 0.3) is 5.92 Å². The highest BCUT2D eigenvalue weighted by Crippen LogP contribution is 2.42. The molecular weight excluding hydrogens is 490 g/mol. The molecule has 1 aromatic carbocycles. The number of unbranched alkanes of at least 4 members (excludes halogenated alkanes) is 1. The van der Waals surface area contributed by atoms with Crippen molar-refractivity contribution in [2.24, 2.45) is 23.7 Å². The van der Waals surface area contributed by atoms with Gasteiger partial charge in [-0.15, -0.1) is 5.73 Å². The van der Waals surface area contributed by atoms with Crippen molar-refractivity contribution in [1.82, 2.24) is 0 Å². The number of hydrogen-bond acceptors (Lipinski definition) is 2. The van der Waals surface area contributed by atoms with E-state index in [4.69, 9.17) is 0 Å². The molecule has 4 heteroatoms. The third-order valence-corrected chi connectivity index (χ3v) is 8.98. The van der Waals surface area contributed by atoms with E-state index in [0.29, 0.717) is 35.8 Å². The van der Waals surface area contributed by atoms with Crippen molar-refractivity contribution in [3.63, 3.8) is 0 Å². The molecule has 0 amide bonds. The molecule has 1 saturated carbocycles. The van der Waals surface area contributed by atoms with Gasteiger partial charge in [-0.25, -0.2) is 8.78 Å². The summed E-state index contributed by atoms with van der Waals surface area (Å²) >= 11 is 0. The highest BCUT2D eigenvalue weighted by Gasteiger charge is 2.34. The van der Waals surface area contributed by atoms with Crippen molar-refractivity contribution in [3.8, 4) is 0 Å². The van der Waals surface area contributed by atoms with Crippen molar-refractivity contribution in [2.75, 3.05) is 6.61 Å². The second kappa shape index (κ2) is 15.5. The zero-order valence-corrected chi connectivity index (χ0v) is 23.8. The molecule has 3 rings (SSSR count). The maximum Gasteiger partial charge on any atom is 0.270 e. The van der Waals surface area contributed by atoms with Crippen LogP contribution in [0.1, 0.15) is 82.3 Å². The maximum atomic E-state index is 14.0. The SMILES string of the molecule is C=C=CCC/C=C(\C)[C@@H](O)C(Cc1cccc(CC(F)(F)C=C)c1)C1CCC(CC2CCCC=C2CO)CC1. The maximum absolute atomic E-state index is 14.0. The summed E-state index contributed by atoms with van der Waals surface area (Å²) in [5.74, 6) is -1.35. The highest BCUT2D eigenvalue weighted by atomic mass is 19.3. The fourth-order valence-electron chi connectivity index (χ4n) is 6.70. The second-order valence-electron chi connectivity index (χ2n) is 11.8. The summed E-state index contributed by atoms with van der Waals surface area (Å²) in [4.78, 5) is 0. The van der Waals surface area contributed by atoms with Crippen LogP contribution in [-0.4, -0.2) is 28.8 Å². The Bertz CT molecular complexity index is 1020. The molecule has 0 radical (unpaired) electrons. The van der Waals surface area contributed by atoms with Crippen molar-refractivity contribution in [2.45, 2.75) is 96.0 Å². The van der Waals surface area contributed by atoms with E-state index in [2.05, 4.69) is 31.0 Å². The Morgan fingerprint density at radius 1 is 1.15 bits per heavy atom. The van der Waals surface area contributed by atoms with Gasteiger partial charge in [0, 0.05) is 6.42 Å². The molecule has 0 aromatic heterocycles. The number of rotatable bonds is 14. The molecule has 0 aliphatic heterocycles. The number of halogens is 2. The predicted molar refractivity (Wildman–Crippen MR) is 158 cm³/mol. The number of allylic oxidation sites excluding steroid dienone is 4. The van der Waals surface area contributed by atoms with Crippen LogP contribution in [0.5, 0.6) is 0 Å². The van der Waals surface area contributed by atoms with E-state index in [1.54, 1.807) is 6.07 Å². The molecule has 2 unspecified atom stereocenters. The average Bonchev–Trinajstić information content (AvgIpc) is 2.94. The number of benzene rings is 1. The molecule has 3 atom stereocenters. The summed E-state index contributed by atoms with van der Waals surface area (Å²) in [6.07, 6.45) is 17.4. The van der Waals surface area contributed by atoms with E-state index in [-0.39, 0.29) is 18.9 Å². The standard InChI is InChI=1S/C35H48F2O2/c1-4-6-7-8-12-26(3)34(39)33(23-28-13-11-14-29(21-28)24-35(36,37)5-2)30-19-17-27(18-20-30)22-31-15-9-10-16-32(31)25-38/h5-6,11-14,16,21,27,30-31,33-34,38-39H,1-2,7-10,15,17-20,22-25H2,3H3/b26-12+/t27?,30?,31?,33?,34-/m1/s1. The Balaban J connectivity index is 1.73. The monoisotopic (exact) mass is 538 g/mol. The molecule has 0 bridgehead atoms. The quantitative estimate of drug-likeness (QED) is 0.142. The van der Waals surface area contributed by atoms with E-state index >= 15 is 0 Å². The fourth-order valence-corrected chi connectivity index (χ4v) is 6.70. The van der Waals surface area contributed by atoms with Crippen LogP contribution >= 0.6 is 0 Å². The van der Waals surface area contributed by atoms with Crippen LogP contribution < -0.4 is 0 Å². The fraction of sp³-hybridized carbons (Fsp3) is 0.571. The lowest BCUT2D eigenvalue weighted by Gasteiger charge is -2.38. The van der Waals surface area contributed by atoms with E-state index in [1.807, 2.05) is 31.2 Å². The minimum atomic E-state index is -2.93. The van der Waals surface area contributed by atoms with Crippen LogP contribution in [-0.2, 0) is 12.8 Å². The number of hydrogen-bond donors (Lipinski definition) is 2. The normalized spacial score (nSPS) is 23.9. The second-order valence-corrected chi connectivity index (χ2v) is 11.8. The zero-order valence-electron chi connectivity index (χ0n) is 23.8. The molecule has 39 heavy (non-hydrogen) atoms. The van der Waals surface area contributed by atoms with Crippen LogP contribution in [0.15, 0.2) is 78.6 Å². The number of aliphatic hydroxyl groups is 2. The molecule has 0 heterocycles. The molecule has 2 aliphatic rings. The Hall–Kier alpha value is -2.26. The first-order chi connectivity index (χ1) is 18.8. The van der Waals surface area contributed by atoms with Gasteiger partial charge in [0.1, 0.15) is 0 Å². The van der Waals surface area contributed by atoms with Crippen LogP contribution in [0.4, 0.5) is 8.78 Å². The Kier molecular flexibility index (Phi) is 12.4. The molecule has 1 fully saturated rings. The lowest BCUT2D eigenvalue weighted by molar-refractivity contribution is 0.0561. The molecule has 0 saturated heterocycles. The van der Waals surface area contributed by atoms with Gasteiger partial charge < -0.3 is 10.2 Å². The predicted octanol–water partition coefficient (Wildman–Crippen LogP) is 8.55. The summed E-state index contributed by atoms with van der Waals surface area (Å²) in [5.41, 5.74) is 6.60. The van der Waals surface area contributed by atoms with Crippen LogP contribution in [0, 0.1) is 23.7 Å². The largest absolute Gasteiger partial charge is 0.392 e. The van der Waals surface area contributed by atoms with Crippen molar-refractivity contribution < 1.29 is 19.0 Å². The first-order valence-electron chi connectivity index (χ1n) is 14.8. The Morgan fingerprint density at radius 2 is 1.90 bits per heavy atom. The minimum absolute atomic E-state index is 0.0369. The van der Waals surface area contributed by atoms with Crippen LogP contribution in [0.3, 0.4) is 0 Å². The lowest BCUT2D eigenvalue weighted by Crippen LogP contribution is -2.34. The Morgan fingerprint density at radius 3 is 2.59 bits per heavy atom. The third-order valence-electron chi connectivity index (χ3n) is 8.98. The smallest absolute Gasteiger partial charge is 0.270 e. The van der Waals surface area contributed by atoms with Gasteiger partial charge in [-0.2, -0.15) is 0 Å². The van der Waals surface area contributed by atoms with Crippen molar-refractivity contribution >= 4 is 0 Å². The van der Waals surface area contributed by atoms with Gasteiger partial charge in [-0.1, -0.05) is 62.4 Å². The molecular formula is C35H48F2O2. The lowest BCUT2D eigenvalue weighted by atomic mass is 9.68. The van der Waals surface area contributed by atoms with E-state index in [1.165, 1.54) is 18.4 Å². The topological polar surface area (TPSA) is 40.5 Å². The van der Waals surface area contributed by atoms with Gasteiger partial charge in [0.15, 0.2) is 0 Å². The van der Waals surface area contributed by atoms with Gasteiger partial charge in [0.2, 0.25) is 0 Å². The Labute approximate surface area is 234 Å². The number of aliphatic hydroxyl groups excluding tert-OH is 2. The molecule has 2 N–H and O–H groups in total. The van der Waals surface area contributed by atoms with Crippen molar-refractivity contribution in [1.29, 1.82) is 0 Å². The van der Waals surface area contributed by atoms with E-state index < -0.39 is 12.0 Å². The first kappa shape index (κ1) is 31.3. The van der Waals surface area contributed by atoms with Gasteiger partial charge in [0.05, 0.1) is 12.7 Å². The molecule has 214 valence electrons. The van der Waals surface area contributed by atoms with E-state index in [9.17, 15) is 19.0 Å². The summed E-state index contributed by atoms with van der Waals surface area (Å²) in [6.45, 7) is 9.08. The molecule has 0 spiro atoms. The summed E-state index contributed by atoms with van der Waals surface area (Å²) in [7, 11) is 0. The highest BCUT2D eigenvalue weighted by molar-refractivity contribution is 5.26.